The van der Waals surface area contributed by atoms with Crippen LogP contribution in [0.3, 0.4) is 0 Å². The van der Waals surface area contributed by atoms with Gasteiger partial charge in [-0.2, -0.15) is 0 Å². The summed E-state index contributed by atoms with van der Waals surface area (Å²) in [6.07, 6.45) is 1.43. The quantitative estimate of drug-likeness (QED) is 0.488. The van der Waals surface area contributed by atoms with Crippen LogP contribution in [0, 0.1) is 5.82 Å². The summed E-state index contributed by atoms with van der Waals surface area (Å²) >= 11 is 6.28. The Morgan fingerprint density at radius 3 is 2.73 bits per heavy atom. The summed E-state index contributed by atoms with van der Waals surface area (Å²) in [6, 6.07) is 8.91. The molecule has 9 heteroatoms. The molecule has 0 saturated heterocycles. The summed E-state index contributed by atoms with van der Waals surface area (Å²) in [5.41, 5.74) is 0.517. The second kappa shape index (κ2) is 9.41. The van der Waals surface area contributed by atoms with Crippen LogP contribution in [0.1, 0.15) is 18.1 Å². The van der Waals surface area contributed by atoms with Crippen LogP contribution >= 0.6 is 11.6 Å². The van der Waals surface area contributed by atoms with Gasteiger partial charge in [-0.1, -0.05) is 23.7 Å². The molecule has 0 bridgehead atoms. The van der Waals surface area contributed by atoms with Crippen LogP contribution in [-0.2, 0) is 19.1 Å². The minimum absolute atomic E-state index is 0.0324. The molecule has 156 valence electrons. The van der Waals surface area contributed by atoms with Crippen molar-refractivity contribution in [3.63, 3.8) is 0 Å². The lowest BCUT2D eigenvalue weighted by molar-refractivity contribution is -0.143. The van der Waals surface area contributed by atoms with Crippen LogP contribution < -0.4 is 9.47 Å². The van der Waals surface area contributed by atoms with E-state index in [-0.39, 0.29) is 40.3 Å². The Hall–Kier alpha value is -3.39. The number of cyclic esters (lactones) is 1. The highest BCUT2D eigenvalue weighted by Crippen LogP contribution is 2.37. The standard InChI is InChI=1S/C21H17ClFNO6/c1-3-28-17-10-12(8-14(22)19(17)29-11-18(25)27-2)9-16-21(26)30-20(24-16)13-6-4-5-7-15(13)23/h4-10H,3,11H2,1-2H3. The molecule has 1 aliphatic rings. The molecule has 2 aromatic rings. The first-order chi connectivity index (χ1) is 14.4. The summed E-state index contributed by atoms with van der Waals surface area (Å²) in [5, 5.41) is 0.154. The molecule has 0 fully saturated rings. The Kier molecular flexibility index (Phi) is 6.68. The van der Waals surface area contributed by atoms with Gasteiger partial charge in [-0.25, -0.2) is 19.0 Å². The zero-order valence-corrected chi connectivity index (χ0v) is 16.9. The van der Waals surface area contributed by atoms with Gasteiger partial charge in [0.15, 0.2) is 23.8 Å². The van der Waals surface area contributed by atoms with Gasteiger partial charge in [0.25, 0.3) is 0 Å². The van der Waals surface area contributed by atoms with Crippen molar-refractivity contribution in [1.82, 2.24) is 0 Å². The molecule has 30 heavy (non-hydrogen) atoms. The largest absolute Gasteiger partial charge is 0.490 e. The molecule has 0 aliphatic carbocycles. The van der Waals surface area contributed by atoms with Crippen LogP contribution in [0.25, 0.3) is 6.08 Å². The van der Waals surface area contributed by atoms with E-state index in [1.807, 2.05) is 0 Å². The second-order valence-corrected chi connectivity index (χ2v) is 6.35. The minimum atomic E-state index is -0.728. The number of hydrogen-bond donors (Lipinski definition) is 0. The number of ether oxygens (including phenoxy) is 4. The number of carbonyl (C=O) groups is 2. The number of hydrogen-bond acceptors (Lipinski definition) is 7. The van der Waals surface area contributed by atoms with Gasteiger partial charge in [-0.3, -0.25) is 0 Å². The number of halogens is 2. The van der Waals surface area contributed by atoms with E-state index in [0.717, 1.165) is 0 Å². The topological polar surface area (TPSA) is 83.4 Å². The maximum absolute atomic E-state index is 13.9. The zero-order chi connectivity index (χ0) is 21.7. The van der Waals surface area contributed by atoms with Gasteiger partial charge in [0.05, 0.1) is 24.3 Å². The maximum Gasteiger partial charge on any atom is 0.363 e. The molecule has 0 radical (unpaired) electrons. The van der Waals surface area contributed by atoms with E-state index < -0.39 is 17.8 Å². The molecular formula is C21H17ClFNO6. The van der Waals surface area contributed by atoms with Crippen molar-refractivity contribution in [2.45, 2.75) is 6.92 Å². The first kappa shape index (κ1) is 21.3. The highest BCUT2D eigenvalue weighted by molar-refractivity contribution is 6.32. The van der Waals surface area contributed by atoms with Gasteiger partial charge in [0.2, 0.25) is 5.90 Å². The molecule has 7 nitrogen and oxygen atoms in total. The molecule has 0 aromatic heterocycles. The Morgan fingerprint density at radius 2 is 2.03 bits per heavy atom. The molecule has 3 rings (SSSR count). The summed E-state index contributed by atoms with van der Waals surface area (Å²) < 4.78 is 34.5. The van der Waals surface area contributed by atoms with E-state index in [2.05, 4.69) is 9.73 Å². The summed E-state index contributed by atoms with van der Waals surface area (Å²) in [7, 11) is 1.24. The molecule has 1 heterocycles. The van der Waals surface area contributed by atoms with Crippen LogP contribution in [-0.4, -0.2) is 38.2 Å². The van der Waals surface area contributed by atoms with Gasteiger partial charge in [-0.15, -0.1) is 0 Å². The normalized spacial score (nSPS) is 14.3. The molecule has 0 N–H and O–H groups in total. The third-order valence-corrected chi connectivity index (χ3v) is 4.20. The van der Waals surface area contributed by atoms with E-state index in [9.17, 15) is 14.0 Å². The number of benzene rings is 2. The van der Waals surface area contributed by atoms with Crippen molar-refractivity contribution in [3.05, 3.63) is 64.1 Å². The predicted octanol–water partition coefficient (Wildman–Crippen LogP) is 3.77. The number of aliphatic imine (C=N–C) groups is 1. The smallest absolute Gasteiger partial charge is 0.363 e. The first-order valence-electron chi connectivity index (χ1n) is 8.86. The van der Waals surface area contributed by atoms with Crippen LogP contribution in [0.4, 0.5) is 4.39 Å². The maximum atomic E-state index is 13.9. The van der Waals surface area contributed by atoms with Gasteiger partial charge in [0.1, 0.15) is 5.82 Å². The van der Waals surface area contributed by atoms with Gasteiger partial charge >= 0.3 is 11.9 Å². The number of rotatable bonds is 7. The van der Waals surface area contributed by atoms with Crippen LogP contribution in [0.15, 0.2) is 47.1 Å². The molecule has 0 saturated carbocycles. The SMILES string of the molecule is CCOc1cc(C=C2N=C(c3ccccc3F)OC2=O)cc(Cl)c1OCC(=O)OC. The van der Waals surface area contributed by atoms with E-state index in [0.29, 0.717) is 12.2 Å². The van der Waals surface area contributed by atoms with Crippen molar-refractivity contribution >= 4 is 35.5 Å². The first-order valence-corrected chi connectivity index (χ1v) is 9.24. The summed E-state index contributed by atoms with van der Waals surface area (Å²) in [6.45, 7) is 1.73. The Morgan fingerprint density at radius 1 is 1.27 bits per heavy atom. The minimum Gasteiger partial charge on any atom is -0.490 e. The third-order valence-electron chi connectivity index (χ3n) is 3.92. The van der Waals surface area contributed by atoms with E-state index in [1.165, 1.54) is 37.5 Å². The van der Waals surface area contributed by atoms with Crippen molar-refractivity contribution in [2.75, 3.05) is 20.3 Å². The molecule has 2 aromatic carbocycles. The Labute approximate surface area is 176 Å². The number of carbonyl (C=O) groups excluding carboxylic acids is 2. The molecule has 0 amide bonds. The predicted molar refractivity (Wildman–Crippen MR) is 107 cm³/mol. The lowest BCUT2D eigenvalue weighted by atomic mass is 10.1. The van der Waals surface area contributed by atoms with Gasteiger partial charge in [-0.05, 0) is 42.8 Å². The average Bonchev–Trinajstić information content (AvgIpc) is 3.07. The van der Waals surface area contributed by atoms with Crippen LogP contribution in [0.2, 0.25) is 5.02 Å². The molecule has 0 spiro atoms. The summed E-state index contributed by atoms with van der Waals surface area (Å²) in [4.78, 5) is 27.6. The molecule has 0 unspecified atom stereocenters. The van der Waals surface area contributed by atoms with E-state index in [1.54, 1.807) is 19.1 Å². The van der Waals surface area contributed by atoms with E-state index >= 15 is 0 Å². The van der Waals surface area contributed by atoms with Gasteiger partial charge in [0, 0.05) is 0 Å². The van der Waals surface area contributed by atoms with Gasteiger partial charge < -0.3 is 18.9 Å². The van der Waals surface area contributed by atoms with Crippen LogP contribution in [0.5, 0.6) is 11.5 Å². The van der Waals surface area contributed by atoms with Crippen molar-refractivity contribution in [3.8, 4) is 11.5 Å². The fourth-order valence-electron chi connectivity index (χ4n) is 2.58. The lowest BCUT2D eigenvalue weighted by Crippen LogP contribution is -2.13. The highest BCUT2D eigenvalue weighted by atomic mass is 35.5. The van der Waals surface area contributed by atoms with Crippen molar-refractivity contribution in [1.29, 1.82) is 0 Å². The Balaban J connectivity index is 1.93. The summed E-state index contributed by atoms with van der Waals surface area (Å²) in [5.74, 6) is -1.56. The zero-order valence-electron chi connectivity index (χ0n) is 16.1. The molecule has 1 aliphatic heterocycles. The Bertz CT molecular complexity index is 1050. The van der Waals surface area contributed by atoms with E-state index in [4.69, 9.17) is 25.8 Å². The fourth-order valence-corrected chi connectivity index (χ4v) is 2.85. The fraction of sp³-hybridized carbons (Fsp3) is 0.190. The van der Waals surface area contributed by atoms with Crippen molar-refractivity contribution < 1.29 is 32.9 Å². The molecular weight excluding hydrogens is 417 g/mol. The second-order valence-electron chi connectivity index (χ2n) is 5.94. The average molecular weight is 434 g/mol. The third kappa shape index (κ3) is 4.77. The number of methoxy groups -OCH3 is 1. The number of nitrogens with zero attached hydrogens (tertiary/aromatic N) is 1. The lowest BCUT2D eigenvalue weighted by Gasteiger charge is -2.13. The highest BCUT2D eigenvalue weighted by Gasteiger charge is 2.26. The molecule has 0 atom stereocenters. The monoisotopic (exact) mass is 433 g/mol. The number of esters is 2. The van der Waals surface area contributed by atoms with Crippen molar-refractivity contribution in [2.24, 2.45) is 4.99 Å².